The molecule has 0 spiro atoms. The molecule has 1 fully saturated rings. The summed E-state index contributed by atoms with van der Waals surface area (Å²) in [7, 11) is 0. The smallest absolute Gasteiger partial charge is 0.233 e. The van der Waals surface area contributed by atoms with Gasteiger partial charge >= 0.3 is 0 Å². The molecule has 1 saturated heterocycles. The molecular formula is C14H19NO2S. The topological polar surface area (TPSA) is 49.3 Å². The second kappa shape index (κ2) is 6.81. The van der Waals surface area contributed by atoms with Crippen LogP contribution in [0.1, 0.15) is 30.9 Å². The largest absolute Gasteiger partial charge is 0.394 e. The molecule has 1 aliphatic rings. The van der Waals surface area contributed by atoms with Gasteiger partial charge in [0, 0.05) is 0 Å². The average molecular weight is 265 g/mol. The molecule has 0 bridgehead atoms. The number of benzene rings is 1. The van der Waals surface area contributed by atoms with E-state index in [1.54, 1.807) is 11.8 Å². The van der Waals surface area contributed by atoms with Crippen LogP contribution in [0.3, 0.4) is 0 Å². The summed E-state index contributed by atoms with van der Waals surface area (Å²) in [6.07, 6.45) is 3.28. The molecule has 98 valence electrons. The Bertz CT molecular complexity index is 377. The summed E-state index contributed by atoms with van der Waals surface area (Å²) in [5.41, 5.74) is 0.953. The zero-order chi connectivity index (χ0) is 12.8. The second-order valence-electron chi connectivity index (χ2n) is 4.51. The number of aliphatic hydroxyl groups is 1. The Hall–Kier alpha value is -1.00. The summed E-state index contributed by atoms with van der Waals surface area (Å²) in [4.78, 5) is 12.1. The molecule has 1 amide bonds. The standard InChI is InChI=1S/C14H19NO2S/c16-10-12(11-6-2-1-3-7-11)15-14(17)13-8-4-5-9-18-13/h1-3,6-7,12-13,16H,4-5,8-10H2,(H,15,17)/t12-,13?/m0/s1. The van der Waals surface area contributed by atoms with Gasteiger partial charge in [-0.25, -0.2) is 0 Å². The molecule has 2 rings (SSSR count). The van der Waals surface area contributed by atoms with E-state index >= 15 is 0 Å². The lowest BCUT2D eigenvalue weighted by Crippen LogP contribution is -2.38. The summed E-state index contributed by atoms with van der Waals surface area (Å²) in [5, 5.41) is 12.4. The van der Waals surface area contributed by atoms with Crippen LogP contribution in [0, 0.1) is 0 Å². The second-order valence-corrected chi connectivity index (χ2v) is 5.82. The number of amides is 1. The van der Waals surface area contributed by atoms with Crippen molar-refractivity contribution in [1.29, 1.82) is 0 Å². The van der Waals surface area contributed by atoms with Gasteiger partial charge in [-0.05, 0) is 24.2 Å². The molecule has 0 aromatic heterocycles. The highest BCUT2D eigenvalue weighted by atomic mass is 32.2. The highest BCUT2D eigenvalue weighted by Gasteiger charge is 2.24. The maximum absolute atomic E-state index is 12.1. The van der Waals surface area contributed by atoms with E-state index < -0.39 is 0 Å². The fourth-order valence-corrected chi connectivity index (χ4v) is 3.34. The number of aliphatic hydroxyl groups excluding tert-OH is 1. The van der Waals surface area contributed by atoms with Crippen LogP contribution >= 0.6 is 11.8 Å². The highest BCUT2D eigenvalue weighted by molar-refractivity contribution is 8.00. The van der Waals surface area contributed by atoms with E-state index in [2.05, 4.69) is 5.32 Å². The van der Waals surface area contributed by atoms with Gasteiger partial charge in [0.05, 0.1) is 17.9 Å². The molecule has 1 aromatic rings. The molecule has 0 radical (unpaired) electrons. The van der Waals surface area contributed by atoms with Crippen molar-refractivity contribution in [3.8, 4) is 0 Å². The molecule has 0 saturated carbocycles. The van der Waals surface area contributed by atoms with Crippen molar-refractivity contribution in [3.05, 3.63) is 35.9 Å². The molecule has 18 heavy (non-hydrogen) atoms. The average Bonchev–Trinajstić information content (AvgIpc) is 2.46. The quantitative estimate of drug-likeness (QED) is 0.876. The normalized spacial score (nSPS) is 21.3. The van der Waals surface area contributed by atoms with Gasteiger partial charge in [-0.2, -0.15) is 0 Å². The predicted octanol–water partition coefficient (Wildman–Crippen LogP) is 2.12. The first-order valence-corrected chi connectivity index (χ1v) is 7.44. The number of thioether (sulfide) groups is 1. The van der Waals surface area contributed by atoms with Crippen LogP contribution < -0.4 is 5.32 Å². The van der Waals surface area contributed by atoms with Crippen molar-refractivity contribution in [1.82, 2.24) is 5.32 Å². The molecular weight excluding hydrogens is 246 g/mol. The van der Waals surface area contributed by atoms with E-state index in [0.29, 0.717) is 0 Å². The Labute approximate surface area is 112 Å². The summed E-state index contributed by atoms with van der Waals surface area (Å²) in [6.45, 7) is -0.0624. The minimum absolute atomic E-state index is 0.0523. The summed E-state index contributed by atoms with van der Waals surface area (Å²) in [6, 6.07) is 9.32. The minimum Gasteiger partial charge on any atom is -0.394 e. The summed E-state index contributed by atoms with van der Waals surface area (Å²) in [5.74, 6) is 1.12. The lowest BCUT2D eigenvalue weighted by atomic mass is 10.1. The van der Waals surface area contributed by atoms with Crippen LogP contribution in [-0.2, 0) is 4.79 Å². The molecule has 1 aliphatic heterocycles. The molecule has 4 heteroatoms. The van der Waals surface area contributed by atoms with E-state index in [1.807, 2.05) is 30.3 Å². The zero-order valence-corrected chi connectivity index (χ0v) is 11.2. The van der Waals surface area contributed by atoms with Gasteiger partial charge in [0.1, 0.15) is 0 Å². The lowest BCUT2D eigenvalue weighted by Gasteiger charge is -2.24. The van der Waals surface area contributed by atoms with Gasteiger partial charge in [0.25, 0.3) is 0 Å². The van der Waals surface area contributed by atoms with Crippen molar-refractivity contribution < 1.29 is 9.90 Å². The maximum Gasteiger partial charge on any atom is 0.233 e. The van der Waals surface area contributed by atoms with E-state index in [9.17, 15) is 9.90 Å². The van der Waals surface area contributed by atoms with Crippen LogP contribution in [0.2, 0.25) is 0 Å². The molecule has 2 atom stereocenters. The molecule has 2 N–H and O–H groups in total. The number of carbonyl (C=O) groups excluding carboxylic acids is 1. The van der Waals surface area contributed by atoms with E-state index in [1.165, 1.54) is 6.42 Å². The molecule has 1 aromatic carbocycles. The maximum atomic E-state index is 12.1. The summed E-state index contributed by atoms with van der Waals surface area (Å²) >= 11 is 1.73. The van der Waals surface area contributed by atoms with Crippen molar-refractivity contribution in [2.45, 2.75) is 30.6 Å². The number of rotatable bonds is 4. The first kappa shape index (κ1) is 13.4. The molecule has 0 aliphatic carbocycles. The van der Waals surface area contributed by atoms with Crippen LogP contribution in [0.4, 0.5) is 0 Å². The fourth-order valence-electron chi connectivity index (χ4n) is 2.13. The van der Waals surface area contributed by atoms with Gasteiger partial charge in [-0.3, -0.25) is 4.79 Å². The highest BCUT2D eigenvalue weighted by Crippen LogP contribution is 2.25. The first-order valence-electron chi connectivity index (χ1n) is 6.39. The minimum atomic E-state index is -0.291. The van der Waals surface area contributed by atoms with Crippen molar-refractivity contribution in [2.24, 2.45) is 0 Å². The van der Waals surface area contributed by atoms with E-state index in [-0.39, 0.29) is 23.8 Å². The van der Waals surface area contributed by atoms with Crippen LogP contribution in [0.25, 0.3) is 0 Å². The van der Waals surface area contributed by atoms with Gasteiger partial charge < -0.3 is 10.4 Å². The monoisotopic (exact) mass is 265 g/mol. The van der Waals surface area contributed by atoms with Crippen molar-refractivity contribution >= 4 is 17.7 Å². The Balaban J connectivity index is 1.95. The van der Waals surface area contributed by atoms with Crippen LogP contribution in [0.15, 0.2) is 30.3 Å². The third kappa shape index (κ3) is 3.50. The molecule has 3 nitrogen and oxygen atoms in total. The first-order chi connectivity index (χ1) is 8.81. The Morgan fingerprint density at radius 1 is 1.39 bits per heavy atom. The summed E-state index contributed by atoms with van der Waals surface area (Å²) < 4.78 is 0. The molecule has 1 unspecified atom stereocenters. The van der Waals surface area contributed by atoms with Gasteiger partial charge in [-0.1, -0.05) is 36.8 Å². The number of nitrogens with one attached hydrogen (secondary N) is 1. The number of hydrogen-bond donors (Lipinski definition) is 2. The SMILES string of the molecule is O=C(N[C@@H](CO)c1ccccc1)C1CCCCS1. The van der Waals surface area contributed by atoms with E-state index in [0.717, 1.165) is 24.2 Å². The lowest BCUT2D eigenvalue weighted by molar-refractivity contribution is -0.121. The Morgan fingerprint density at radius 2 is 2.17 bits per heavy atom. The van der Waals surface area contributed by atoms with Crippen molar-refractivity contribution in [2.75, 3.05) is 12.4 Å². The number of carbonyl (C=O) groups is 1. The Kier molecular flexibility index (Phi) is 5.08. The Morgan fingerprint density at radius 3 is 2.78 bits per heavy atom. The van der Waals surface area contributed by atoms with Crippen LogP contribution in [0.5, 0.6) is 0 Å². The van der Waals surface area contributed by atoms with Gasteiger partial charge in [0.15, 0.2) is 0 Å². The van der Waals surface area contributed by atoms with Gasteiger partial charge in [0.2, 0.25) is 5.91 Å². The third-order valence-electron chi connectivity index (χ3n) is 3.17. The van der Waals surface area contributed by atoms with Crippen LogP contribution in [-0.4, -0.2) is 28.6 Å². The van der Waals surface area contributed by atoms with Crippen molar-refractivity contribution in [3.63, 3.8) is 0 Å². The molecule has 1 heterocycles. The zero-order valence-electron chi connectivity index (χ0n) is 10.3. The van der Waals surface area contributed by atoms with E-state index in [4.69, 9.17) is 0 Å². The van der Waals surface area contributed by atoms with Gasteiger partial charge in [-0.15, -0.1) is 11.8 Å². The third-order valence-corrected chi connectivity index (χ3v) is 4.55. The fraction of sp³-hybridized carbons (Fsp3) is 0.500. The number of hydrogen-bond acceptors (Lipinski definition) is 3. The predicted molar refractivity (Wildman–Crippen MR) is 74.5 cm³/mol.